The molecule has 5 rings (SSSR count). The molecular weight excluding hydrogens is 528 g/mol. The van der Waals surface area contributed by atoms with Crippen LogP contribution in [-0.4, -0.2) is 76.8 Å². The van der Waals surface area contributed by atoms with Crippen LogP contribution in [0.5, 0.6) is 11.5 Å². The second-order valence-electron chi connectivity index (χ2n) is 10.9. The number of aliphatic hydroxyl groups excluding tert-OH is 1. The monoisotopic (exact) mass is 560 g/mol. The summed E-state index contributed by atoms with van der Waals surface area (Å²) in [6, 6.07) is 3.82. The minimum absolute atomic E-state index is 0.0408. The first-order valence-electron chi connectivity index (χ1n) is 13.2. The molecule has 3 aliphatic carbocycles. The topological polar surface area (TPSA) is 175 Å². The Morgan fingerprint density at radius 2 is 1.95 bits per heavy atom. The summed E-state index contributed by atoms with van der Waals surface area (Å²) in [6.45, 7) is 2.22. The number of benzene rings is 1. The average molecular weight is 561 g/mol. The van der Waals surface area contributed by atoms with E-state index in [1.54, 1.807) is 6.08 Å². The number of carboxylic acids is 1. The predicted molar refractivity (Wildman–Crippen MR) is 133 cm³/mol. The summed E-state index contributed by atoms with van der Waals surface area (Å²) >= 11 is 0. The number of carboxylic acid groups (broad SMARTS) is 1. The van der Waals surface area contributed by atoms with Gasteiger partial charge in [-0.15, -0.1) is 0 Å². The smallest absolute Gasteiger partial charge is 0.348 e. The molecule has 1 unspecified atom stereocenters. The first kappa shape index (κ1) is 27.9. The van der Waals surface area contributed by atoms with Crippen molar-refractivity contribution in [2.45, 2.75) is 75.3 Å². The molecule has 12 heteroatoms. The van der Waals surface area contributed by atoms with Gasteiger partial charge in [-0.25, -0.2) is 14.4 Å². The lowest BCUT2D eigenvalue weighted by Crippen LogP contribution is -2.69. The molecule has 216 valence electrons. The van der Waals surface area contributed by atoms with E-state index >= 15 is 0 Å². The van der Waals surface area contributed by atoms with Crippen molar-refractivity contribution < 1.29 is 58.2 Å². The van der Waals surface area contributed by atoms with Gasteiger partial charge in [0.25, 0.3) is 0 Å². The normalized spacial score (nSPS) is 30.5. The molecule has 0 saturated heterocycles. The molecule has 7 atom stereocenters. The molecule has 1 aromatic carbocycles. The number of hydrogen-bond acceptors (Lipinski definition) is 11. The van der Waals surface area contributed by atoms with E-state index in [0.717, 1.165) is 24.5 Å². The van der Waals surface area contributed by atoms with Crippen LogP contribution in [0.15, 0.2) is 24.0 Å². The Balaban J connectivity index is 1.44. The fraction of sp³-hybridized carbons (Fsp3) is 0.571. The second kappa shape index (κ2) is 10.1. The first-order chi connectivity index (χ1) is 18.9. The van der Waals surface area contributed by atoms with Crippen LogP contribution in [0.3, 0.4) is 0 Å². The number of methoxy groups -OCH3 is 1. The van der Waals surface area contributed by atoms with Crippen LogP contribution in [-0.2, 0) is 45.2 Å². The lowest BCUT2D eigenvalue weighted by atomic mass is 9.45. The van der Waals surface area contributed by atoms with Gasteiger partial charge in [0.1, 0.15) is 11.9 Å². The van der Waals surface area contributed by atoms with Crippen molar-refractivity contribution in [3.05, 3.63) is 35.1 Å². The number of ether oxygens (including phenoxy) is 5. The van der Waals surface area contributed by atoms with Crippen molar-refractivity contribution in [1.29, 1.82) is 0 Å². The van der Waals surface area contributed by atoms with Crippen LogP contribution in [0.2, 0.25) is 0 Å². The molecule has 12 nitrogen and oxygen atoms in total. The predicted octanol–water partition coefficient (Wildman–Crippen LogP) is 1.17. The molecule has 1 aliphatic heterocycles. The molecule has 1 heterocycles. The maximum Gasteiger partial charge on any atom is 0.348 e. The Kier molecular flexibility index (Phi) is 7.03. The molecule has 1 aromatic rings. The summed E-state index contributed by atoms with van der Waals surface area (Å²) in [6.07, 6.45) is -1.19. The Morgan fingerprint density at radius 1 is 1.20 bits per heavy atom. The number of carbonyl (C=O) groups excluding carboxylic acids is 3. The van der Waals surface area contributed by atoms with Crippen LogP contribution < -0.4 is 9.47 Å². The molecule has 40 heavy (non-hydrogen) atoms. The largest absolute Gasteiger partial charge is 0.493 e. The minimum atomic E-state index is -1.85. The summed E-state index contributed by atoms with van der Waals surface area (Å²) in [5, 5.41) is 30.6. The molecule has 0 radical (unpaired) electrons. The zero-order chi connectivity index (χ0) is 29.0. The van der Waals surface area contributed by atoms with E-state index in [0.29, 0.717) is 24.3 Å². The van der Waals surface area contributed by atoms with Gasteiger partial charge < -0.3 is 39.0 Å². The van der Waals surface area contributed by atoms with Gasteiger partial charge in [-0.05, 0) is 62.1 Å². The Labute approximate surface area is 229 Å². The third kappa shape index (κ3) is 4.21. The molecule has 1 saturated carbocycles. The van der Waals surface area contributed by atoms with Gasteiger partial charge in [-0.3, -0.25) is 4.79 Å². The summed E-state index contributed by atoms with van der Waals surface area (Å²) in [7, 11) is 1.52. The van der Waals surface area contributed by atoms with Gasteiger partial charge in [0.2, 0.25) is 6.10 Å². The highest BCUT2D eigenvalue weighted by Crippen LogP contribution is 2.68. The quantitative estimate of drug-likeness (QED) is 0.291. The SMILES string of the molecule is COc1ccc2c3c1O[C@H]1C(OC(=O)C[C@H](OC(=O)[C@H](C)O)C(=O)OCC(=O)O)=CC[C@@]4(O)[C@@H](C2)C(C)CC[C@]314. The van der Waals surface area contributed by atoms with E-state index in [9.17, 15) is 29.4 Å². The van der Waals surface area contributed by atoms with Crippen LogP contribution in [0.1, 0.15) is 50.7 Å². The lowest BCUT2D eigenvalue weighted by molar-refractivity contribution is -0.179. The number of hydrogen-bond donors (Lipinski definition) is 3. The van der Waals surface area contributed by atoms with Crippen molar-refractivity contribution in [2.24, 2.45) is 11.8 Å². The van der Waals surface area contributed by atoms with Crippen LogP contribution in [0.25, 0.3) is 0 Å². The fourth-order valence-electron chi connectivity index (χ4n) is 6.93. The van der Waals surface area contributed by atoms with Crippen LogP contribution >= 0.6 is 0 Å². The van der Waals surface area contributed by atoms with Gasteiger partial charge in [-0.2, -0.15) is 0 Å². The van der Waals surface area contributed by atoms with Gasteiger partial charge in [0.05, 0.1) is 24.5 Å². The summed E-state index contributed by atoms with van der Waals surface area (Å²) in [4.78, 5) is 48.2. The molecular formula is C28H32O12. The highest BCUT2D eigenvalue weighted by Gasteiger charge is 2.72. The second-order valence-corrected chi connectivity index (χ2v) is 10.9. The Bertz CT molecular complexity index is 1280. The van der Waals surface area contributed by atoms with Crippen LogP contribution in [0, 0.1) is 11.8 Å². The average Bonchev–Trinajstić information content (AvgIpc) is 3.26. The summed E-state index contributed by atoms with van der Waals surface area (Å²) in [5.74, 6) is -3.55. The number of rotatable bonds is 9. The highest BCUT2D eigenvalue weighted by molar-refractivity contribution is 5.86. The zero-order valence-corrected chi connectivity index (χ0v) is 22.4. The van der Waals surface area contributed by atoms with Crippen molar-refractivity contribution in [3.63, 3.8) is 0 Å². The number of esters is 3. The fourth-order valence-corrected chi connectivity index (χ4v) is 6.93. The first-order valence-corrected chi connectivity index (χ1v) is 13.2. The van der Waals surface area contributed by atoms with E-state index < -0.39 is 66.2 Å². The maximum atomic E-state index is 13.1. The lowest BCUT2D eigenvalue weighted by Gasteiger charge is -2.61. The van der Waals surface area contributed by atoms with Crippen LogP contribution in [0.4, 0.5) is 0 Å². The zero-order valence-electron chi connectivity index (χ0n) is 22.4. The van der Waals surface area contributed by atoms with E-state index in [1.807, 2.05) is 12.1 Å². The summed E-state index contributed by atoms with van der Waals surface area (Å²) in [5.41, 5.74) is -0.111. The van der Waals surface area contributed by atoms with E-state index in [-0.39, 0.29) is 24.0 Å². The molecule has 4 aliphatic rings. The van der Waals surface area contributed by atoms with Crippen molar-refractivity contribution in [3.8, 4) is 11.5 Å². The van der Waals surface area contributed by atoms with Crippen molar-refractivity contribution in [2.75, 3.05) is 13.7 Å². The number of aliphatic hydroxyl groups is 2. The summed E-state index contributed by atoms with van der Waals surface area (Å²) < 4.78 is 27.2. The maximum absolute atomic E-state index is 13.1. The third-order valence-electron chi connectivity index (χ3n) is 8.72. The molecule has 0 aromatic heterocycles. The van der Waals surface area contributed by atoms with Gasteiger partial charge in [-0.1, -0.05) is 13.0 Å². The van der Waals surface area contributed by atoms with Crippen molar-refractivity contribution in [1.82, 2.24) is 0 Å². The molecule has 1 spiro atoms. The third-order valence-corrected chi connectivity index (χ3v) is 8.72. The van der Waals surface area contributed by atoms with Gasteiger partial charge >= 0.3 is 23.9 Å². The van der Waals surface area contributed by atoms with Gasteiger partial charge in [0.15, 0.2) is 24.2 Å². The Morgan fingerprint density at radius 3 is 2.62 bits per heavy atom. The van der Waals surface area contributed by atoms with Crippen molar-refractivity contribution >= 4 is 23.9 Å². The van der Waals surface area contributed by atoms with Gasteiger partial charge in [0, 0.05) is 5.56 Å². The molecule has 3 N–H and O–H groups in total. The molecule has 2 bridgehead atoms. The van der Waals surface area contributed by atoms with E-state index in [1.165, 1.54) is 7.11 Å². The minimum Gasteiger partial charge on any atom is -0.493 e. The van der Waals surface area contributed by atoms with E-state index in [4.69, 9.17) is 24.1 Å². The number of carbonyl (C=O) groups is 4. The van der Waals surface area contributed by atoms with E-state index in [2.05, 4.69) is 11.7 Å². The molecule has 1 fully saturated rings. The number of aliphatic carboxylic acids is 1. The molecule has 0 amide bonds. The highest BCUT2D eigenvalue weighted by atomic mass is 16.6. The Hall–Kier alpha value is -3.64. The standard InChI is InChI=1S/C28H32O12/c1-13-6-8-27-22-15-4-5-17(36-3)23(22)40-24(27)18(7-9-28(27,35)16(13)10-15)38-21(32)11-19(39-25(33)14(2)29)26(34)37-12-20(30)31/h4-5,7,13-14,16,19,24,29,35H,6,8-12H2,1-3H3,(H,30,31)/t13?,14-,16-,19-,24-,27-,28+/m0/s1.